The number of carbonyl (C=O) groups excluding carboxylic acids is 4. The minimum Gasteiger partial charge on any atom is -0.452 e. The Morgan fingerprint density at radius 1 is 1.06 bits per heavy atom. The van der Waals surface area contributed by atoms with E-state index in [1.165, 1.54) is 36.0 Å². The van der Waals surface area contributed by atoms with E-state index < -0.39 is 23.7 Å². The van der Waals surface area contributed by atoms with Gasteiger partial charge in [-0.25, -0.2) is 9.69 Å². The first-order chi connectivity index (χ1) is 17.2. The van der Waals surface area contributed by atoms with Crippen LogP contribution in [-0.4, -0.2) is 35.5 Å². The van der Waals surface area contributed by atoms with Crippen molar-refractivity contribution >= 4 is 52.5 Å². The van der Waals surface area contributed by atoms with Gasteiger partial charge in [-0.1, -0.05) is 23.8 Å². The zero-order valence-corrected chi connectivity index (χ0v) is 20.6. The lowest BCUT2D eigenvalue weighted by molar-refractivity contribution is -0.121. The molecule has 0 spiro atoms. The van der Waals surface area contributed by atoms with Gasteiger partial charge in [-0.2, -0.15) is 0 Å². The van der Waals surface area contributed by atoms with Crippen LogP contribution in [0.5, 0.6) is 0 Å². The lowest BCUT2D eigenvalue weighted by Gasteiger charge is -2.15. The smallest absolute Gasteiger partial charge is 0.338 e. The fourth-order valence-electron chi connectivity index (χ4n) is 3.82. The van der Waals surface area contributed by atoms with Gasteiger partial charge in [0.1, 0.15) is 0 Å². The van der Waals surface area contributed by atoms with Crippen molar-refractivity contribution in [2.75, 3.05) is 22.6 Å². The number of nitrogens with two attached hydrogens (primary N) is 1. The van der Waals surface area contributed by atoms with E-state index in [0.29, 0.717) is 17.1 Å². The van der Waals surface area contributed by atoms with E-state index in [1.54, 1.807) is 24.3 Å². The van der Waals surface area contributed by atoms with Gasteiger partial charge in [0.15, 0.2) is 6.61 Å². The SMILES string of the molecule is Cc1ccc(NC(=O)COC(=O)c2ccc(N3C(=O)CC(Sc4cccc(N)c4)C3=O)cc2)c(C)c1. The number of aryl methyl sites for hydroxylation is 2. The predicted molar refractivity (Wildman–Crippen MR) is 139 cm³/mol. The Kier molecular flexibility index (Phi) is 7.40. The summed E-state index contributed by atoms with van der Waals surface area (Å²) in [6.07, 6.45) is 0.0671. The quantitative estimate of drug-likeness (QED) is 0.283. The summed E-state index contributed by atoms with van der Waals surface area (Å²) in [6.45, 7) is 3.39. The molecular weight excluding hydrogens is 478 g/mol. The molecular formula is C27H25N3O5S. The summed E-state index contributed by atoms with van der Waals surface area (Å²) in [7, 11) is 0. The molecule has 184 valence electrons. The number of hydrogen-bond acceptors (Lipinski definition) is 7. The van der Waals surface area contributed by atoms with Crippen molar-refractivity contribution in [2.24, 2.45) is 0 Å². The lowest BCUT2D eigenvalue weighted by Crippen LogP contribution is -2.31. The second-order valence-corrected chi connectivity index (χ2v) is 9.72. The number of esters is 1. The molecule has 1 heterocycles. The number of carbonyl (C=O) groups is 4. The lowest BCUT2D eigenvalue weighted by atomic mass is 10.1. The predicted octanol–water partition coefficient (Wildman–Crippen LogP) is 4.11. The Bertz CT molecular complexity index is 1340. The molecule has 9 heteroatoms. The van der Waals surface area contributed by atoms with Crippen LogP contribution in [-0.2, 0) is 19.1 Å². The number of nitrogens with one attached hydrogen (secondary N) is 1. The third-order valence-corrected chi connectivity index (χ3v) is 6.77. The summed E-state index contributed by atoms with van der Waals surface area (Å²) < 4.78 is 5.11. The van der Waals surface area contributed by atoms with Gasteiger partial charge in [0.2, 0.25) is 11.8 Å². The third-order valence-electron chi connectivity index (χ3n) is 5.59. The summed E-state index contributed by atoms with van der Waals surface area (Å²) >= 11 is 1.29. The monoisotopic (exact) mass is 503 g/mol. The molecule has 0 bridgehead atoms. The number of nitrogens with zero attached hydrogens (tertiary/aromatic N) is 1. The zero-order chi connectivity index (χ0) is 25.8. The Morgan fingerprint density at radius 2 is 1.81 bits per heavy atom. The molecule has 36 heavy (non-hydrogen) atoms. The van der Waals surface area contributed by atoms with Crippen LogP contribution >= 0.6 is 11.8 Å². The van der Waals surface area contributed by atoms with Gasteiger partial charge in [-0.15, -0.1) is 11.8 Å². The number of anilines is 3. The van der Waals surface area contributed by atoms with Crippen molar-refractivity contribution in [2.45, 2.75) is 30.4 Å². The summed E-state index contributed by atoms with van der Waals surface area (Å²) in [6, 6.07) is 18.7. The van der Waals surface area contributed by atoms with Gasteiger partial charge in [-0.3, -0.25) is 14.4 Å². The van der Waals surface area contributed by atoms with E-state index in [2.05, 4.69) is 5.32 Å². The molecule has 8 nitrogen and oxygen atoms in total. The zero-order valence-electron chi connectivity index (χ0n) is 19.8. The van der Waals surface area contributed by atoms with Crippen LogP contribution in [0.25, 0.3) is 0 Å². The van der Waals surface area contributed by atoms with Crippen molar-refractivity contribution in [1.29, 1.82) is 0 Å². The first-order valence-electron chi connectivity index (χ1n) is 11.2. The summed E-state index contributed by atoms with van der Waals surface area (Å²) in [5, 5.41) is 2.16. The van der Waals surface area contributed by atoms with Gasteiger partial charge in [0.05, 0.1) is 16.5 Å². The molecule has 0 radical (unpaired) electrons. The maximum atomic E-state index is 12.9. The topological polar surface area (TPSA) is 119 Å². The number of rotatable bonds is 7. The van der Waals surface area contributed by atoms with E-state index in [0.717, 1.165) is 20.9 Å². The third kappa shape index (κ3) is 5.75. The minimum atomic E-state index is -0.688. The molecule has 3 N–H and O–H groups in total. The molecule has 1 aliphatic rings. The minimum absolute atomic E-state index is 0.0671. The highest BCUT2D eigenvalue weighted by atomic mass is 32.2. The highest BCUT2D eigenvalue weighted by Gasteiger charge is 2.40. The molecule has 4 rings (SSSR count). The Labute approximate surface area is 212 Å². The molecule has 3 amide bonds. The Morgan fingerprint density at radius 3 is 2.50 bits per heavy atom. The van der Waals surface area contributed by atoms with E-state index in [-0.39, 0.29) is 23.8 Å². The number of benzene rings is 3. The van der Waals surface area contributed by atoms with Crippen molar-refractivity contribution in [3.63, 3.8) is 0 Å². The van der Waals surface area contributed by atoms with E-state index in [4.69, 9.17) is 10.5 Å². The summed E-state index contributed by atoms with van der Waals surface area (Å²) in [4.78, 5) is 52.0. The normalized spacial score (nSPS) is 15.2. The fourth-order valence-corrected chi connectivity index (χ4v) is 4.94. The molecule has 0 aromatic heterocycles. The summed E-state index contributed by atoms with van der Waals surface area (Å²) in [5.41, 5.74) is 9.58. The first-order valence-corrected chi connectivity index (χ1v) is 12.1. The van der Waals surface area contributed by atoms with Crippen LogP contribution in [0.1, 0.15) is 27.9 Å². The van der Waals surface area contributed by atoms with Crippen LogP contribution in [0.2, 0.25) is 0 Å². The molecule has 1 atom stereocenters. The van der Waals surface area contributed by atoms with E-state index in [9.17, 15) is 19.2 Å². The highest BCUT2D eigenvalue weighted by molar-refractivity contribution is 8.00. The van der Waals surface area contributed by atoms with E-state index in [1.807, 2.05) is 32.0 Å². The number of nitrogen functional groups attached to an aromatic ring is 1. The molecule has 3 aromatic carbocycles. The van der Waals surface area contributed by atoms with Gasteiger partial charge in [0, 0.05) is 22.7 Å². The maximum Gasteiger partial charge on any atom is 0.338 e. The van der Waals surface area contributed by atoms with Gasteiger partial charge < -0.3 is 15.8 Å². The molecule has 3 aromatic rings. The number of ether oxygens (including phenoxy) is 1. The number of imide groups is 1. The van der Waals surface area contributed by atoms with Crippen LogP contribution < -0.4 is 16.0 Å². The second-order valence-electron chi connectivity index (χ2n) is 8.44. The molecule has 1 aliphatic heterocycles. The first kappa shape index (κ1) is 25.0. The average molecular weight is 504 g/mol. The van der Waals surface area contributed by atoms with Gasteiger partial charge in [0.25, 0.3) is 5.91 Å². The molecule has 0 aliphatic carbocycles. The highest BCUT2D eigenvalue weighted by Crippen LogP contribution is 2.34. The average Bonchev–Trinajstić information content (AvgIpc) is 3.12. The van der Waals surface area contributed by atoms with Crippen LogP contribution in [0.4, 0.5) is 17.1 Å². The molecule has 1 unspecified atom stereocenters. The van der Waals surface area contributed by atoms with Crippen LogP contribution in [0, 0.1) is 13.8 Å². The standard InChI is InChI=1S/C27H25N3O5S/c1-16-6-11-22(17(2)12-16)29-24(31)15-35-27(34)18-7-9-20(10-8-18)30-25(32)14-23(26(30)33)36-21-5-3-4-19(28)13-21/h3-13,23H,14-15,28H2,1-2H3,(H,29,31). The fraction of sp³-hybridized carbons (Fsp3) is 0.185. The van der Waals surface area contributed by atoms with Gasteiger partial charge >= 0.3 is 5.97 Å². The Hall–Kier alpha value is -4.11. The molecule has 0 saturated carbocycles. The van der Waals surface area contributed by atoms with Gasteiger partial charge in [-0.05, 0) is 67.9 Å². The van der Waals surface area contributed by atoms with Crippen molar-refractivity contribution in [3.05, 3.63) is 83.4 Å². The molecule has 1 saturated heterocycles. The van der Waals surface area contributed by atoms with Crippen LogP contribution in [0.15, 0.2) is 71.6 Å². The Balaban J connectivity index is 1.34. The van der Waals surface area contributed by atoms with Crippen molar-refractivity contribution in [3.8, 4) is 0 Å². The van der Waals surface area contributed by atoms with Crippen LogP contribution in [0.3, 0.4) is 0 Å². The second kappa shape index (κ2) is 10.7. The number of thioether (sulfide) groups is 1. The largest absolute Gasteiger partial charge is 0.452 e. The molecule has 1 fully saturated rings. The number of amides is 3. The maximum absolute atomic E-state index is 12.9. The summed E-state index contributed by atoms with van der Waals surface area (Å²) in [5.74, 6) is -1.79. The number of hydrogen-bond donors (Lipinski definition) is 2. The van der Waals surface area contributed by atoms with E-state index >= 15 is 0 Å². The van der Waals surface area contributed by atoms with Crippen molar-refractivity contribution < 1.29 is 23.9 Å². The van der Waals surface area contributed by atoms with Crippen molar-refractivity contribution in [1.82, 2.24) is 0 Å².